The molecule has 0 amide bonds. The first kappa shape index (κ1) is 15.5. The predicted octanol–water partition coefficient (Wildman–Crippen LogP) is 4.53. The first-order chi connectivity index (χ1) is 10.8. The summed E-state index contributed by atoms with van der Waals surface area (Å²) in [6.45, 7) is 5.49. The van der Waals surface area contributed by atoms with E-state index < -0.39 is 11.7 Å². The molecule has 0 aliphatic heterocycles. The Morgan fingerprint density at radius 2 is 2.04 bits per heavy atom. The average Bonchev–Trinajstić information content (AvgIpc) is 2.85. The van der Waals surface area contributed by atoms with Gasteiger partial charge in [-0.05, 0) is 45.0 Å². The van der Waals surface area contributed by atoms with Crippen LogP contribution in [0.1, 0.15) is 20.8 Å². The summed E-state index contributed by atoms with van der Waals surface area (Å²) in [4.78, 5) is 21.1. The monoisotopic (exact) mass is 329 g/mol. The number of ether oxygens (including phenoxy) is 1. The van der Waals surface area contributed by atoms with Gasteiger partial charge in [0.1, 0.15) is 10.8 Å². The molecule has 3 heterocycles. The Bertz CT molecular complexity index is 881. The van der Waals surface area contributed by atoms with E-state index in [2.05, 4.69) is 9.97 Å². The van der Waals surface area contributed by atoms with Gasteiger partial charge in [-0.2, -0.15) is 0 Å². The lowest BCUT2D eigenvalue weighted by Crippen LogP contribution is -2.27. The minimum atomic E-state index is -0.597. The topological polar surface area (TPSA) is 57.0 Å². The van der Waals surface area contributed by atoms with Crippen molar-refractivity contribution in [1.82, 2.24) is 14.5 Å². The molecule has 23 heavy (non-hydrogen) atoms. The standard InChI is InChI=1S/C17H16ClN3O2/c1-17(2,3)23-16(22)21-13-7-8-19-10-11(13)9-14(21)12-5-4-6-15(18)20-12/h4-10H,1-3H3. The van der Waals surface area contributed by atoms with E-state index in [1.807, 2.05) is 26.8 Å². The molecular formula is C17H16ClN3O2. The first-order valence-corrected chi connectivity index (χ1v) is 7.55. The number of fused-ring (bicyclic) bond motifs is 1. The van der Waals surface area contributed by atoms with Crippen LogP contribution in [0.5, 0.6) is 0 Å². The van der Waals surface area contributed by atoms with Crippen LogP contribution in [0.3, 0.4) is 0 Å². The van der Waals surface area contributed by atoms with Crippen molar-refractivity contribution in [1.29, 1.82) is 0 Å². The van der Waals surface area contributed by atoms with Gasteiger partial charge >= 0.3 is 6.09 Å². The fourth-order valence-electron chi connectivity index (χ4n) is 2.30. The molecule has 0 bridgehead atoms. The molecule has 5 nitrogen and oxygen atoms in total. The predicted molar refractivity (Wildman–Crippen MR) is 89.6 cm³/mol. The zero-order valence-electron chi connectivity index (χ0n) is 13.1. The number of aromatic nitrogens is 3. The second kappa shape index (κ2) is 5.66. The highest BCUT2D eigenvalue weighted by molar-refractivity contribution is 6.29. The fourth-order valence-corrected chi connectivity index (χ4v) is 2.46. The number of nitrogens with zero attached hydrogens (tertiary/aromatic N) is 3. The normalized spacial score (nSPS) is 11.7. The summed E-state index contributed by atoms with van der Waals surface area (Å²) < 4.78 is 7.03. The zero-order valence-corrected chi connectivity index (χ0v) is 13.8. The van der Waals surface area contributed by atoms with Crippen LogP contribution in [0.25, 0.3) is 22.3 Å². The summed E-state index contributed by atoms with van der Waals surface area (Å²) in [5.41, 5.74) is 1.33. The van der Waals surface area contributed by atoms with Crippen molar-refractivity contribution in [3.8, 4) is 11.4 Å². The van der Waals surface area contributed by atoms with E-state index in [0.717, 1.165) is 5.39 Å². The summed E-state index contributed by atoms with van der Waals surface area (Å²) in [6, 6.07) is 8.90. The van der Waals surface area contributed by atoms with Crippen LogP contribution >= 0.6 is 11.6 Å². The molecule has 6 heteroatoms. The molecule has 0 fully saturated rings. The quantitative estimate of drug-likeness (QED) is 0.615. The second-order valence-electron chi connectivity index (χ2n) is 6.13. The van der Waals surface area contributed by atoms with Crippen LogP contribution in [0.15, 0.2) is 42.7 Å². The maximum Gasteiger partial charge on any atom is 0.419 e. The van der Waals surface area contributed by atoms with Crippen LogP contribution in [0.2, 0.25) is 5.15 Å². The van der Waals surface area contributed by atoms with Crippen molar-refractivity contribution >= 4 is 28.6 Å². The zero-order chi connectivity index (χ0) is 16.6. The van der Waals surface area contributed by atoms with Crippen LogP contribution in [-0.2, 0) is 4.74 Å². The summed E-state index contributed by atoms with van der Waals surface area (Å²) in [5.74, 6) is 0. The molecule has 0 aliphatic carbocycles. The first-order valence-electron chi connectivity index (χ1n) is 7.17. The Balaban J connectivity index is 2.21. The largest absolute Gasteiger partial charge is 0.443 e. The Labute approximate surface area is 138 Å². The van der Waals surface area contributed by atoms with Crippen molar-refractivity contribution in [2.24, 2.45) is 0 Å². The number of hydrogen-bond acceptors (Lipinski definition) is 4. The minimum Gasteiger partial charge on any atom is -0.443 e. The number of hydrogen-bond donors (Lipinski definition) is 0. The van der Waals surface area contributed by atoms with Crippen molar-refractivity contribution in [3.63, 3.8) is 0 Å². The van der Waals surface area contributed by atoms with Crippen molar-refractivity contribution in [2.45, 2.75) is 26.4 Å². The van der Waals surface area contributed by atoms with Gasteiger partial charge in [-0.15, -0.1) is 0 Å². The highest BCUT2D eigenvalue weighted by atomic mass is 35.5. The molecular weight excluding hydrogens is 314 g/mol. The van der Waals surface area contributed by atoms with E-state index in [9.17, 15) is 4.79 Å². The minimum absolute atomic E-state index is 0.363. The molecule has 0 radical (unpaired) electrons. The van der Waals surface area contributed by atoms with E-state index >= 15 is 0 Å². The van der Waals surface area contributed by atoms with Crippen LogP contribution in [0, 0.1) is 0 Å². The van der Waals surface area contributed by atoms with Crippen LogP contribution < -0.4 is 0 Å². The molecule has 0 saturated heterocycles. The van der Waals surface area contributed by atoms with Gasteiger partial charge in [-0.1, -0.05) is 17.7 Å². The lowest BCUT2D eigenvalue weighted by molar-refractivity contribution is 0.0547. The molecule has 3 aromatic rings. The van der Waals surface area contributed by atoms with Crippen molar-refractivity contribution < 1.29 is 9.53 Å². The van der Waals surface area contributed by atoms with Crippen LogP contribution in [-0.4, -0.2) is 26.2 Å². The second-order valence-corrected chi connectivity index (χ2v) is 6.51. The van der Waals surface area contributed by atoms with Gasteiger partial charge in [0.2, 0.25) is 0 Å². The molecule has 118 valence electrons. The SMILES string of the molecule is CC(C)(C)OC(=O)n1c(-c2cccc(Cl)n2)cc2cnccc21. The van der Waals surface area contributed by atoms with E-state index in [-0.39, 0.29) is 0 Å². The average molecular weight is 330 g/mol. The lowest BCUT2D eigenvalue weighted by atomic mass is 10.2. The third kappa shape index (κ3) is 3.19. The molecule has 0 atom stereocenters. The smallest absolute Gasteiger partial charge is 0.419 e. The van der Waals surface area contributed by atoms with Gasteiger partial charge in [0, 0.05) is 17.8 Å². The molecule has 0 aromatic carbocycles. The number of carbonyl (C=O) groups is 1. The van der Waals surface area contributed by atoms with Gasteiger partial charge in [-0.25, -0.2) is 14.3 Å². The highest BCUT2D eigenvalue weighted by Crippen LogP contribution is 2.28. The fraction of sp³-hybridized carbons (Fsp3) is 0.235. The van der Waals surface area contributed by atoms with Gasteiger partial charge in [0.25, 0.3) is 0 Å². The lowest BCUT2D eigenvalue weighted by Gasteiger charge is -2.20. The maximum absolute atomic E-state index is 12.7. The molecule has 3 aromatic heterocycles. The molecule has 3 rings (SSSR count). The van der Waals surface area contributed by atoms with Crippen LogP contribution in [0.4, 0.5) is 4.79 Å². The van der Waals surface area contributed by atoms with Gasteiger partial charge in [0.15, 0.2) is 0 Å². The van der Waals surface area contributed by atoms with E-state index in [1.54, 1.807) is 36.7 Å². The number of pyridine rings is 2. The van der Waals surface area contributed by atoms with E-state index in [4.69, 9.17) is 16.3 Å². The molecule has 0 aliphatic rings. The molecule has 0 spiro atoms. The van der Waals surface area contributed by atoms with E-state index in [0.29, 0.717) is 22.1 Å². The van der Waals surface area contributed by atoms with E-state index in [1.165, 1.54) is 4.57 Å². The Morgan fingerprint density at radius 1 is 1.26 bits per heavy atom. The summed E-state index contributed by atoms with van der Waals surface area (Å²) in [6.07, 6.45) is 2.87. The summed E-state index contributed by atoms with van der Waals surface area (Å²) in [5, 5.41) is 1.19. The van der Waals surface area contributed by atoms with Gasteiger partial charge < -0.3 is 4.74 Å². The molecule has 0 unspecified atom stereocenters. The van der Waals surface area contributed by atoms with Crippen molar-refractivity contribution in [2.75, 3.05) is 0 Å². The number of rotatable bonds is 1. The molecule has 0 N–H and O–H groups in total. The Hall–Kier alpha value is -2.40. The number of carbonyl (C=O) groups excluding carboxylic acids is 1. The highest BCUT2D eigenvalue weighted by Gasteiger charge is 2.23. The third-order valence-corrected chi connectivity index (χ3v) is 3.37. The summed E-state index contributed by atoms with van der Waals surface area (Å²) in [7, 11) is 0. The third-order valence-electron chi connectivity index (χ3n) is 3.16. The Kier molecular flexibility index (Phi) is 3.82. The summed E-state index contributed by atoms with van der Waals surface area (Å²) >= 11 is 5.98. The van der Waals surface area contributed by atoms with Gasteiger partial charge in [0.05, 0.1) is 16.9 Å². The van der Waals surface area contributed by atoms with Crippen molar-refractivity contribution in [3.05, 3.63) is 47.9 Å². The van der Waals surface area contributed by atoms with Gasteiger partial charge in [-0.3, -0.25) is 4.98 Å². The maximum atomic E-state index is 12.7. The number of halogens is 1. The molecule has 0 saturated carbocycles. The Morgan fingerprint density at radius 3 is 2.74 bits per heavy atom.